The van der Waals surface area contributed by atoms with E-state index in [0.717, 1.165) is 54.4 Å². The number of piperidine rings is 1. The summed E-state index contributed by atoms with van der Waals surface area (Å²) in [5, 5.41) is 14.5. The summed E-state index contributed by atoms with van der Waals surface area (Å²) in [5.74, 6) is 0.204. The van der Waals surface area contributed by atoms with Gasteiger partial charge in [-0.15, -0.1) is 0 Å². The van der Waals surface area contributed by atoms with Crippen molar-refractivity contribution in [3.8, 4) is 0 Å². The number of rotatable bonds is 7. The van der Waals surface area contributed by atoms with Gasteiger partial charge >= 0.3 is 5.97 Å². The number of pyridine rings is 1. The van der Waals surface area contributed by atoms with E-state index >= 15 is 0 Å². The lowest BCUT2D eigenvalue weighted by atomic mass is 9.65. The van der Waals surface area contributed by atoms with Crippen molar-refractivity contribution >= 4 is 61.5 Å². The second kappa shape index (κ2) is 10.3. The maximum atomic E-state index is 15.0. The Hall–Kier alpha value is -2.20. The Labute approximate surface area is 241 Å². The van der Waals surface area contributed by atoms with Gasteiger partial charge in [-0.1, -0.05) is 34.5 Å². The molecule has 1 aliphatic carbocycles. The highest BCUT2D eigenvalue weighted by molar-refractivity contribution is 7.22. The van der Waals surface area contributed by atoms with E-state index in [2.05, 4.69) is 20.1 Å². The van der Waals surface area contributed by atoms with Crippen LogP contribution >= 0.6 is 34.5 Å². The van der Waals surface area contributed by atoms with Gasteiger partial charge in [-0.25, -0.2) is 9.37 Å². The van der Waals surface area contributed by atoms with E-state index in [-0.39, 0.29) is 11.9 Å². The molecular weight excluding hydrogens is 560 g/mol. The number of aromatic nitrogens is 2. The van der Waals surface area contributed by atoms with Crippen molar-refractivity contribution in [1.82, 2.24) is 14.9 Å². The second-order valence-electron chi connectivity index (χ2n) is 11.6. The van der Waals surface area contributed by atoms with E-state index < -0.39 is 11.4 Å². The van der Waals surface area contributed by atoms with Crippen molar-refractivity contribution < 1.29 is 14.3 Å². The summed E-state index contributed by atoms with van der Waals surface area (Å²) < 4.78 is 15.8. The number of carboxylic acid groups (broad SMARTS) is 1. The van der Waals surface area contributed by atoms with Gasteiger partial charge in [0, 0.05) is 31.9 Å². The van der Waals surface area contributed by atoms with Crippen LogP contribution in [0.3, 0.4) is 0 Å². The maximum Gasteiger partial charge on any atom is 0.309 e. The Kier molecular flexibility index (Phi) is 7.15. The third-order valence-corrected chi connectivity index (χ3v) is 10.5. The van der Waals surface area contributed by atoms with Gasteiger partial charge in [0.25, 0.3) is 0 Å². The van der Waals surface area contributed by atoms with E-state index in [1.165, 1.54) is 36.4 Å². The largest absolute Gasteiger partial charge is 0.481 e. The number of fused-ring (bicyclic) bond motifs is 1. The van der Waals surface area contributed by atoms with Crippen molar-refractivity contribution in [1.29, 1.82) is 0 Å². The van der Waals surface area contributed by atoms with Crippen LogP contribution in [0.25, 0.3) is 10.2 Å². The monoisotopic (exact) mass is 591 g/mol. The number of hydrogen-bond acceptors (Lipinski definition) is 7. The molecule has 3 aliphatic rings. The summed E-state index contributed by atoms with van der Waals surface area (Å²) in [6.45, 7) is 7.77. The average Bonchev–Trinajstić information content (AvgIpc) is 3.27. The van der Waals surface area contributed by atoms with Gasteiger partial charge < -0.3 is 20.2 Å². The van der Waals surface area contributed by atoms with Gasteiger partial charge in [0.1, 0.15) is 5.82 Å². The zero-order valence-corrected chi connectivity index (χ0v) is 24.3. The lowest BCUT2D eigenvalue weighted by Gasteiger charge is -2.52. The van der Waals surface area contributed by atoms with Crippen LogP contribution < -0.4 is 10.2 Å². The highest BCUT2D eigenvalue weighted by Crippen LogP contribution is 2.46. The molecule has 2 atom stereocenters. The number of nitrogens with zero attached hydrogens (tertiary/aromatic N) is 4. The minimum absolute atomic E-state index is 0.327. The molecule has 11 heteroatoms. The molecule has 4 heterocycles. The first-order valence-corrected chi connectivity index (χ1v) is 15.1. The van der Waals surface area contributed by atoms with Crippen molar-refractivity contribution in [3.05, 3.63) is 46.0 Å². The third-order valence-electron chi connectivity index (χ3n) is 8.84. The van der Waals surface area contributed by atoms with Crippen molar-refractivity contribution in [2.45, 2.75) is 51.6 Å². The molecule has 3 aromatic rings. The Balaban J connectivity index is 1.11. The summed E-state index contributed by atoms with van der Waals surface area (Å²) in [5.41, 5.74) is 1.22. The standard InChI is InChI=1S/C28H32Cl2FN5O2S/c1-15(23-20(30)8-18(29)11-32-23)33-24-21(31)5-6-22-25(24)39-27(34-22)36-13-17(14-36)16-4-3-7-35(12-16)19-9-28(2,10-19)26(37)38/h5-6,8,11,15-17,19,33H,3-4,7,9-10,12-14H2,1-2H3,(H,37,38)/t15-,16-,19?,28?/m0/s1. The molecule has 1 aromatic carbocycles. The van der Waals surface area contributed by atoms with Crippen LogP contribution in [0.5, 0.6) is 0 Å². The molecule has 0 radical (unpaired) electrons. The molecule has 3 fully saturated rings. The summed E-state index contributed by atoms with van der Waals surface area (Å²) in [6, 6.07) is 4.88. The van der Waals surface area contributed by atoms with Gasteiger partial charge in [-0.05, 0) is 76.1 Å². The Bertz CT molecular complexity index is 1410. The average molecular weight is 593 g/mol. The van der Waals surface area contributed by atoms with Crippen LogP contribution in [0.15, 0.2) is 24.4 Å². The smallest absolute Gasteiger partial charge is 0.309 e. The number of carbonyl (C=O) groups is 1. The zero-order chi connectivity index (χ0) is 27.5. The lowest BCUT2D eigenvalue weighted by molar-refractivity contribution is -0.158. The zero-order valence-electron chi connectivity index (χ0n) is 22.0. The van der Waals surface area contributed by atoms with Crippen LogP contribution in [0.2, 0.25) is 10.0 Å². The fourth-order valence-corrected chi connectivity index (χ4v) is 8.02. The van der Waals surface area contributed by atoms with Gasteiger partial charge in [0.05, 0.1) is 43.1 Å². The minimum Gasteiger partial charge on any atom is -0.481 e. The van der Waals surface area contributed by atoms with Crippen molar-refractivity contribution in [3.63, 3.8) is 0 Å². The number of nitrogens with one attached hydrogen (secondary N) is 1. The molecule has 2 aromatic heterocycles. The number of likely N-dealkylation sites (tertiary alicyclic amines) is 1. The number of aliphatic carboxylic acids is 1. The fourth-order valence-electron chi connectivity index (χ4n) is 6.39. The molecule has 1 saturated carbocycles. The van der Waals surface area contributed by atoms with E-state index in [4.69, 9.17) is 28.2 Å². The van der Waals surface area contributed by atoms with Crippen molar-refractivity contribution in [2.75, 3.05) is 36.4 Å². The normalized spacial score (nSPS) is 26.7. The fraction of sp³-hybridized carbons (Fsp3) is 0.536. The first-order chi connectivity index (χ1) is 18.6. The highest BCUT2D eigenvalue weighted by Gasteiger charge is 2.49. The summed E-state index contributed by atoms with van der Waals surface area (Å²) in [7, 11) is 0. The molecule has 0 unspecified atom stereocenters. The van der Waals surface area contributed by atoms with Gasteiger partial charge in [0.2, 0.25) is 0 Å². The van der Waals surface area contributed by atoms with Gasteiger partial charge in [0.15, 0.2) is 5.13 Å². The number of benzene rings is 1. The summed E-state index contributed by atoms with van der Waals surface area (Å²) >= 11 is 13.8. The maximum absolute atomic E-state index is 15.0. The minimum atomic E-state index is -0.670. The van der Waals surface area contributed by atoms with E-state index in [1.807, 2.05) is 13.8 Å². The Morgan fingerprint density at radius 1 is 1.26 bits per heavy atom. The number of hydrogen-bond donors (Lipinski definition) is 2. The van der Waals surface area contributed by atoms with Gasteiger partial charge in [-0.2, -0.15) is 0 Å². The van der Waals surface area contributed by atoms with Gasteiger partial charge in [-0.3, -0.25) is 9.78 Å². The predicted octanol–water partition coefficient (Wildman–Crippen LogP) is 6.71. The molecule has 39 heavy (non-hydrogen) atoms. The molecule has 0 spiro atoms. The number of thiazole rings is 1. The van der Waals surface area contributed by atoms with Crippen LogP contribution in [0, 0.1) is 23.1 Å². The predicted molar refractivity (Wildman–Crippen MR) is 155 cm³/mol. The van der Waals surface area contributed by atoms with E-state index in [1.54, 1.807) is 12.1 Å². The van der Waals surface area contributed by atoms with Crippen LogP contribution in [0.1, 0.15) is 51.3 Å². The van der Waals surface area contributed by atoms with E-state index in [9.17, 15) is 14.3 Å². The number of carboxylic acids is 1. The van der Waals surface area contributed by atoms with Crippen molar-refractivity contribution in [2.24, 2.45) is 17.3 Å². The molecular formula is C28H32Cl2FN5O2S. The Morgan fingerprint density at radius 2 is 2.03 bits per heavy atom. The first kappa shape index (κ1) is 27.0. The molecule has 2 saturated heterocycles. The third kappa shape index (κ3) is 5.07. The SMILES string of the molecule is C[C@H](Nc1c(F)ccc2nc(N3CC([C@H]4CCCN(C5CC(C)(C(=O)O)C5)C4)C3)sc12)c1ncc(Cl)cc1Cl. The van der Waals surface area contributed by atoms with Crippen LogP contribution in [0.4, 0.5) is 15.2 Å². The first-order valence-electron chi connectivity index (χ1n) is 13.5. The summed E-state index contributed by atoms with van der Waals surface area (Å²) in [4.78, 5) is 25.5. The molecule has 208 valence electrons. The molecule has 0 bridgehead atoms. The molecule has 7 nitrogen and oxygen atoms in total. The van der Waals surface area contributed by atoms with Crippen LogP contribution in [-0.2, 0) is 4.79 Å². The topological polar surface area (TPSA) is 81.6 Å². The highest BCUT2D eigenvalue weighted by atomic mass is 35.5. The Morgan fingerprint density at radius 3 is 2.74 bits per heavy atom. The molecule has 2 N–H and O–H groups in total. The van der Waals surface area contributed by atoms with E-state index in [0.29, 0.717) is 39.3 Å². The lowest BCUT2D eigenvalue weighted by Crippen LogP contribution is -2.58. The van der Waals surface area contributed by atoms with Crippen LogP contribution in [-0.4, -0.2) is 58.2 Å². The molecule has 0 amide bonds. The molecule has 2 aliphatic heterocycles. The summed E-state index contributed by atoms with van der Waals surface area (Å²) in [6.07, 6.45) is 5.43. The number of halogens is 3. The second-order valence-corrected chi connectivity index (χ2v) is 13.5. The quantitative estimate of drug-likeness (QED) is 0.316. The molecule has 6 rings (SSSR count). The number of anilines is 2.